The molecule has 3 rings (SSSR count). The summed E-state index contributed by atoms with van der Waals surface area (Å²) >= 11 is 2.85. The Kier molecular flexibility index (Phi) is 2.68. The molecular weight excluding hydrogens is 254 g/mol. The van der Waals surface area contributed by atoms with E-state index in [0.717, 1.165) is 11.4 Å². The Hall–Kier alpha value is -1.27. The molecule has 0 unspecified atom stereocenters. The van der Waals surface area contributed by atoms with Gasteiger partial charge < -0.3 is 0 Å². The van der Waals surface area contributed by atoms with E-state index in [1.165, 1.54) is 35.5 Å². The minimum Gasteiger partial charge on any atom is -0.297 e. The number of hydrogen-bond donors (Lipinski definition) is 1. The zero-order chi connectivity index (χ0) is 11.8. The summed E-state index contributed by atoms with van der Waals surface area (Å²) < 4.78 is 0. The van der Waals surface area contributed by atoms with Crippen molar-refractivity contribution in [2.75, 3.05) is 5.32 Å². The van der Waals surface area contributed by atoms with Crippen molar-refractivity contribution in [2.45, 2.75) is 25.7 Å². The second-order valence-corrected chi connectivity index (χ2v) is 5.79. The third kappa shape index (κ3) is 2.23. The summed E-state index contributed by atoms with van der Waals surface area (Å²) in [7, 11) is 0. The highest BCUT2D eigenvalue weighted by molar-refractivity contribution is 7.14. The number of aromatic nitrogens is 2. The first-order valence-electron chi connectivity index (χ1n) is 5.41. The van der Waals surface area contributed by atoms with Crippen LogP contribution in [0.3, 0.4) is 0 Å². The number of nitrogens with zero attached hydrogens (tertiary/aromatic N) is 2. The van der Waals surface area contributed by atoms with Crippen LogP contribution in [-0.4, -0.2) is 15.9 Å². The molecule has 1 N–H and O–H groups in total. The Morgan fingerprint density at radius 3 is 2.94 bits per heavy atom. The number of nitrogens with one attached hydrogen (secondary N) is 1. The van der Waals surface area contributed by atoms with Gasteiger partial charge >= 0.3 is 0 Å². The standard InChI is InChI=1S/C11H11N3OS2/c1-6-9(17-5-12-6)10(15)14-11-13-8(4-16-11)7-2-3-7/h4-5,7H,2-3H2,1H3,(H,13,14,15). The molecule has 6 heteroatoms. The van der Waals surface area contributed by atoms with Crippen LogP contribution in [-0.2, 0) is 0 Å². The lowest BCUT2D eigenvalue weighted by molar-refractivity contribution is 0.103. The van der Waals surface area contributed by atoms with Crippen LogP contribution < -0.4 is 5.32 Å². The van der Waals surface area contributed by atoms with Gasteiger partial charge in [0.15, 0.2) is 5.13 Å². The molecule has 2 aromatic rings. The van der Waals surface area contributed by atoms with Gasteiger partial charge in [0.2, 0.25) is 0 Å². The summed E-state index contributed by atoms with van der Waals surface area (Å²) in [4.78, 5) is 21.1. The molecule has 0 bridgehead atoms. The molecule has 1 aliphatic rings. The fourth-order valence-electron chi connectivity index (χ4n) is 1.58. The molecule has 0 spiro atoms. The SMILES string of the molecule is Cc1ncsc1C(=O)Nc1nc(C2CC2)cs1. The molecule has 0 saturated heterocycles. The van der Waals surface area contributed by atoms with Gasteiger partial charge in [0, 0.05) is 11.3 Å². The van der Waals surface area contributed by atoms with E-state index in [9.17, 15) is 4.79 Å². The summed E-state index contributed by atoms with van der Waals surface area (Å²) in [5.41, 5.74) is 3.57. The van der Waals surface area contributed by atoms with E-state index in [-0.39, 0.29) is 5.91 Å². The lowest BCUT2D eigenvalue weighted by Gasteiger charge is -1.98. The molecule has 1 saturated carbocycles. The summed E-state index contributed by atoms with van der Waals surface area (Å²) in [6.45, 7) is 1.84. The fraction of sp³-hybridized carbons (Fsp3) is 0.364. The molecule has 1 aliphatic carbocycles. The van der Waals surface area contributed by atoms with Gasteiger partial charge in [-0.1, -0.05) is 0 Å². The second-order valence-electron chi connectivity index (χ2n) is 4.07. The van der Waals surface area contributed by atoms with E-state index >= 15 is 0 Å². The van der Waals surface area contributed by atoms with Crippen molar-refractivity contribution in [3.63, 3.8) is 0 Å². The van der Waals surface area contributed by atoms with Crippen molar-refractivity contribution in [2.24, 2.45) is 0 Å². The molecule has 0 radical (unpaired) electrons. The number of anilines is 1. The van der Waals surface area contributed by atoms with Crippen LogP contribution in [0.1, 0.15) is 39.8 Å². The number of aryl methyl sites for hydroxylation is 1. The highest BCUT2D eigenvalue weighted by atomic mass is 32.1. The van der Waals surface area contributed by atoms with Gasteiger partial charge in [-0.25, -0.2) is 9.97 Å². The van der Waals surface area contributed by atoms with Gasteiger partial charge in [-0.3, -0.25) is 10.1 Å². The molecule has 2 aromatic heterocycles. The fourth-order valence-corrected chi connectivity index (χ4v) is 3.07. The first-order chi connectivity index (χ1) is 8.24. The lowest BCUT2D eigenvalue weighted by atomic mass is 10.3. The average Bonchev–Trinajstić information content (AvgIpc) is 2.90. The molecule has 0 aromatic carbocycles. The van der Waals surface area contributed by atoms with Crippen molar-refractivity contribution in [3.05, 3.63) is 27.2 Å². The van der Waals surface area contributed by atoms with E-state index in [1.54, 1.807) is 5.51 Å². The zero-order valence-corrected chi connectivity index (χ0v) is 10.9. The summed E-state index contributed by atoms with van der Waals surface area (Å²) in [6.07, 6.45) is 2.45. The maximum absolute atomic E-state index is 11.9. The van der Waals surface area contributed by atoms with Crippen LogP contribution in [0.15, 0.2) is 10.9 Å². The largest absolute Gasteiger partial charge is 0.297 e. The van der Waals surface area contributed by atoms with E-state index < -0.39 is 0 Å². The monoisotopic (exact) mass is 265 g/mol. The third-order valence-corrected chi connectivity index (χ3v) is 4.39. The second kappa shape index (κ2) is 4.19. The number of carbonyl (C=O) groups is 1. The average molecular weight is 265 g/mol. The van der Waals surface area contributed by atoms with E-state index in [4.69, 9.17) is 0 Å². The minimum absolute atomic E-state index is 0.110. The van der Waals surface area contributed by atoms with Crippen LogP contribution in [0, 0.1) is 6.92 Å². The van der Waals surface area contributed by atoms with Gasteiger partial charge in [-0.15, -0.1) is 22.7 Å². The smallest absolute Gasteiger partial charge is 0.269 e. The Balaban J connectivity index is 1.73. The van der Waals surface area contributed by atoms with Crippen LogP contribution >= 0.6 is 22.7 Å². The van der Waals surface area contributed by atoms with Crippen molar-refractivity contribution >= 4 is 33.7 Å². The van der Waals surface area contributed by atoms with Gasteiger partial charge in [-0.2, -0.15) is 0 Å². The van der Waals surface area contributed by atoms with E-state index in [1.807, 2.05) is 12.3 Å². The molecular formula is C11H11N3OS2. The Morgan fingerprint density at radius 2 is 2.29 bits per heavy atom. The van der Waals surface area contributed by atoms with Crippen molar-refractivity contribution < 1.29 is 4.79 Å². The van der Waals surface area contributed by atoms with Crippen LogP contribution in [0.25, 0.3) is 0 Å². The topological polar surface area (TPSA) is 54.9 Å². The van der Waals surface area contributed by atoms with Crippen LogP contribution in [0.5, 0.6) is 0 Å². The predicted molar refractivity (Wildman–Crippen MR) is 68.9 cm³/mol. The van der Waals surface area contributed by atoms with Gasteiger partial charge in [0.1, 0.15) is 4.88 Å². The Labute approximate surface area is 107 Å². The molecule has 17 heavy (non-hydrogen) atoms. The first-order valence-corrected chi connectivity index (χ1v) is 7.17. The molecule has 1 fully saturated rings. The van der Waals surface area contributed by atoms with Gasteiger partial charge in [-0.05, 0) is 19.8 Å². The number of thiazole rings is 2. The van der Waals surface area contributed by atoms with Crippen molar-refractivity contribution in [3.8, 4) is 0 Å². The van der Waals surface area contributed by atoms with E-state index in [2.05, 4.69) is 15.3 Å². The van der Waals surface area contributed by atoms with Crippen LogP contribution in [0.2, 0.25) is 0 Å². The molecule has 0 aliphatic heterocycles. The third-order valence-electron chi connectivity index (χ3n) is 2.69. The van der Waals surface area contributed by atoms with Crippen LogP contribution in [0.4, 0.5) is 5.13 Å². The minimum atomic E-state index is -0.110. The zero-order valence-electron chi connectivity index (χ0n) is 9.27. The number of amides is 1. The summed E-state index contributed by atoms with van der Waals surface area (Å²) in [5.74, 6) is 0.517. The molecule has 0 atom stereocenters. The quantitative estimate of drug-likeness (QED) is 0.928. The van der Waals surface area contributed by atoms with Crippen molar-refractivity contribution in [1.82, 2.24) is 9.97 Å². The number of carbonyl (C=O) groups excluding carboxylic acids is 1. The molecule has 1 amide bonds. The summed E-state index contributed by atoms with van der Waals surface area (Å²) in [6, 6.07) is 0. The molecule has 4 nitrogen and oxygen atoms in total. The van der Waals surface area contributed by atoms with Crippen molar-refractivity contribution in [1.29, 1.82) is 0 Å². The highest BCUT2D eigenvalue weighted by Gasteiger charge is 2.26. The Bertz CT molecular complexity index is 557. The van der Waals surface area contributed by atoms with E-state index in [0.29, 0.717) is 15.9 Å². The first kappa shape index (κ1) is 10.9. The maximum atomic E-state index is 11.9. The molecule has 2 heterocycles. The lowest BCUT2D eigenvalue weighted by Crippen LogP contribution is -2.11. The Morgan fingerprint density at radius 1 is 1.47 bits per heavy atom. The highest BCUT2D eigenvalue weighted by Crippen LogP contribution is 2.40. The normalized spacial score (nSPS) is 14.9. The summed E-state index contributed by atoms with van der Waals surface area (Å²) in [5, 5.41) is 5.55. The predicted octanol–water partition coefficient (Wildman–Crippen LogP) is 3.04. The maximum Gasteiger partial charge on any atom is 0.269 e. The number of hydrogen-bond acceptors (Lipinski definition) is 5. The molecule has 88 valence electrons. The van der Waals surface area contributed by atoms with Gasteiger partial charge in [0.05, 0.1) is 16.9 Å². The van der Waals surface area contributed by atoms with Gasteiger partial charge in [0.25, 0.3) is 5.91 Å². The number of rotatable bonds is 3.